The van der Waals surface area contributed by atoms with E-state index in [9.17, 15) is 13.2 Å². The van der Waals surface area contributed by atoms with Crippen molar-refractivity contribution in [3.63, 3.8) is 0 Å². The van der Waals surface area contributed by atoms with Crippen molar-refractivity contribution in [1.29, 1.82) is 0 Å². The van der Waals surface area contributed by atoms with Crippen LogP contribution in [0.15, 0.2) is 15.9 Å². The lowest BCUT2D eigenvalue weighted by molar-refractivity contribution is -0.126. The van der Waals surface area contributed by atoms with Crippen molar-refractivity contribution in [2.45, 2.75) is 12.2 Å². The van der Waals surface area contributed by atoms with E-state index in [1.165, 1.54) is 11.3 Å². The minimum Gasteiger partial charge on any atom is -0.329 e. The molecule has 15 heavy (non-hydrogen) atoms. The molecule has 7 heteroatoms. The standard InChI is InChI=1S/C8H10BrF3N2S/c9-5-1-2-15-7(5)6(3-13)14-4-8(10,11)12/h1-2,6,14H,3-4,13H2. The van der Waals surface area contributed by atoms with Crippen LogP contribution in [0.2, 0.25) is 0 Å². The Labute approximate surface area is 97.8 Å². The van der Waals surface area contributed by atoms with Crippen molar-refractivity contribution < 1.29 is 13.2 Å². The predicted molar refractivity (Wildman–Crippen MR) is 57.9 cm³/mol. The summed E-state index contributed by atoms with van der Waals surface area (Å²) in [5.74, 6) is 0. The van der Waals surface area contributed by atoms with Gasteiger partial charge in [-0.1, -0.05) is 0 Å². The van der Waals surface area contributed by atoms with E-state index in [1.807, 2.05) is 0 Å². The lowest BCUT2D eigenvalue weighted by atomic mass is 10.2. The number of hydrogen-bond donors (Lipinski definition) is 2. The number of thiophene rings is 1. The molecule has 1 rings (SSSR count). The molecule has 0 radical (unpaired) electrons. The van der Waals surface area contributed by atoms with E-state index in [0.717, 1.165) is 9.35 Å². The second-order valence-electron chi connectivity index (χ2n) is 2.92. The second kappa shape index (κ2) is 5.29. The van der Waals surface area contributed by atoms with Gasteiger partial charge in [-0.25, -0.2) is 0 Å². The molecule has 0 spiro atoms. The zero-order valence-electron chi connectivity index (χ0n) is 7.64. The Morgan fingerprint density at radius 2 is 2.20 bits per heavy atom. The molecule has 0 aliphatic heterocycles. The van der Waals surface area contributed by atoms with Crippen LogP contribution in [-0.4, -0.2) is 19.3 Å². The molecular weight excluding hydrogens is 293 g/mol. The fourth-order valence-corrected chi connectivity index (χ4v) is 2.82. The maximum Gasteiger partial charge on any atom is 0.401 e. The van der Waals surface area contributed by atoms with Crippen LogP contribution in [0.3, 0.4) is 0 Å². The highest BCUT2D eigenvalue weighted by Crippen LogP contribution is 2.29. The number of nitrogens with one attached hydrogen (secondary N) is 1. The average molecular weight is 303 g/mol. The minimum absolute atomic E-state index is 0.134. The van der Waals surface area contributed by atoms with Crippen molar-refractivity contribution in [1.82, 2.24) is 5.32 Å². The Bertz CT molecular complexity index is 313. The Kier molecular flexibility index (Phi) is 4.57. The van der Waals surface area contributed by atoms with Crippen LogP contribution in [-0.2, 0) is 0 Å². The third-order valence-corrected chi connectivity index (χ3v) is 3.73. The van der Waals surface area contributed by atoms with Crippen molar-refractivity contribution in [3.05, 3.63) is 20.8 Å². The molecule has 3 N–H and O–H groups in total. The van der Waals surface area contributed by atoms with E-state index >= 15 is 0 Å². The highest BCUT2D eigenvalue weighted by molar-refractivity contribution is 9.10. The number of halogens is 4. The third kappa shape index (κ3) is 4.10. The van der Waals surface area contributed by atoms with Crippen LogP contribution in [0.1, 0.15) is 10.9 Å². The van der Waals surface area contributed by atoms with Gasteiger partial charge in [-0.3, -0.25) is 5.32 Å². The largest absolute Gasteiger partial charge is 0.401 e. The summed E-state index contributed by atoms with van der Waals surface area (Å²) in [6.07, 6.45) is -4.21. The lowest BCUT2D eigenvalue weighted by Gasteiger charge is -2.17. The molecule has 1 atom stereocenters. The van der Waals surface area contributed by atoms with Gasteiger partial charge in [0.15, 0.2) is 0 Å². The smallest absolute Gasteiger partial charge is 0.329 e. The van der Waals surface area contributed by atoms with Crippen LogP contribution in [0, 0.1) is 0 Å². The van der Waals surface area contributed by atoms with Gasteiger partial charge in [0.2, 0.25) is 0 Å². The molecule has 86 valence electrons. The fraction of sp³-hybridized carbons (Fsp3) is 0.500. The topological polar surface area (TPSA) is 38.0 Å². The lowest BCUT2D eigenvalue weighted by Crippen LogP contribution is -2.35. The van der Waals surface area contributed by atoms with Gasteiger partial charge in [0.05, 0.1) is 12.6 Å². The Hall–Kier alpha value is -0.110. The van der Waals surface area contributed by atoms with Crippen LogP contribution in [0.5, 0.6) is 0 Å². The molecule has 0 aliphatic carbocycles. The van der Waals surface area contributed by atoms with Crippen molar-refractivity contribution in [2.24, 2.45) is 5.73 Å². The average Bonchev–Trinajstić information content (AvgIpc) is 2.52. The first-order valence-corrected chi connectivity index (χ1v) is 5.84. The number of alkyl halides is 3. The molecule has 1 heterocycles. The maximum absolute atomic E-state index is 12.0. The zero-order valence-corrected chi connectivity index (χ0v) is 10.0. The second-order valence-corrected chi connectivity index (χ2v) is 4.72. The molecule has 0 bridgehead atoms. The molecule has 0 saturated carbocycles. The summed E-state index contributed by atoms with van der Waals surface area (Å²) in [5, 5.41) is 4.19. The van der Waals surface area contributed by atoms with Crippen LogP contribution in [0.4, 0.5) is 13.2 Å². The van der Waals surface area contributed by atoms with Crippen molar-refractivity contribution in [3.8, 4) is 0 Å². The Morgan fingerprint density at radius 1 is 1.53 bits per heavy atom. The predicted octanol–water partition coefficient (Wildman–Crippen LogP) is 2.66. The van der Waals surface area contributed by atoms with Crippen molar-refractivity contribution >= 4 is 27.3 Å². The molecule has 0 fully saturated rings. The van der Waals surface area contributed by atoms with E-state index in [4.69, 9.17) is 5.73 Å². The van der Waals surface area contributed by atoms with E-state index in [2.05, 4.69) is 21.2 Å². The highest BCUT2D eigenvalue weighted by atomic mass is 79.9. The summed E-state index contributed by atoms with van der Waals surface area (Å²) in [6.45, 7) is -0.894. The van der Waals surface area contributed by atoms with Gasteiger partial charge in [0, 0.05) is 15.9 Å². The molecule has 1 aromatic heterocycles. The van der Waals surface area contributed by atoms with Gasteiger partial charge < -0.3 is 5.73 Å². The van der Waals surface area contributed by atoms with Gasteiger partial charge in [-0.15, -0.1) is 11.3 Å². The van der Waals surface area contributed by atoms with E-state index in [1.54, 1.807) is 11.4 Å². The normalized spacial score (nSPS) is 14.2. The quantitative estimate of drug-likeness (QED) is 0.897. The summed E-state index contributed by atoms with van der Waals surface area (Å²) in [4.78, 5) is 0.793. The van der Waals surface area contributed by atoms with E-state index in [-0.39, 0.29) is 6.54 Å². The van der Waals surface area contributed by atoms with E-state index in [0.29, 0.717) is 0 Å². The minimum atomic E-state index is -4.21. The Morgan fingerprint density at radius 3 is 2.60 bits per heavy atom. The highest BCUT2D eigenvalue weighted by Gasteiger charge is 2.28. The van der Waals surface area contributed by atoms with Crippen LogP contribution < -0.4 is 11.1 Å². The third-order valence-electron chi connectivity index (χ3n) is 1.75. The monoisotopic (exact) mass is 302 g/mol. The summed E-state index contributed by atoms with van der Waals surface area (Å²) in [6, 6.07) is 1.33. The van der Waals surface area contributed by atoms with Gasteiger partial charge in [0.25, 0.3) is 0 Å². The molecule has 2 nitrogen and oxygen atoms in total. The molecule has 0 aromatic carbocycles. The number of rotatable bonds is 4. The SMILES string of the molecule is NCC(NCC(F)(F)F)c1sccc1Br. The molecule has 1 unspecified atom stereocenters. The molecule has 0 amide bonds. The first-order valence-electron chi connectivity index (χ1n) is 4.17. The van der Waals surface area contributed by atoms with Gasteiger partial charge in [0.1, 0.15) is 0 Å². The summed E-state index contributed by atoms with van der Waals surface area (Å²) in [7, 11) is 0. The maximum atomic E-state index is 12.0. The molecular formula is C8H10BrF3N2S. The summed E-state index contributed by atoms with van der Waals surface area (Å²) in [5.41, 5.74) is 5.42. The first kappa shape index (κ1) is 13.0. The van der Waals surface area contributed by atoms with Crippen LogP contribution >= 0.6 is 27.3 Å². The van der Waals surface area contributed by atoms with Gasteiger partial charge >= 0.3 is 6.18 Å². The molecule has 0 aliphatic rings. The van der Waals surface area contributed by atoms with E-state index < -0.39 is 18.8 Å². The van der Waals surface area contributed by atoms with Crippen LogP contribution in [0.25, 0.3) is 0 Å². The molecule has 0 saturated heterocycles. The Balaban J connectivity index is 2.61. The van der Waals surface area contributed by atoms with Crippen molar-refractivity contribution in [2.75, 3.05) is 13.1 Å². The van der Waals surface area contributed by atoms with Gasteiger partial charge in [-0.05, 0) is 27.4 Å². The number of nitrogens with two attached hydrogens (primary N) is 1. The molecule has 1 aromatic rings. The fourth-order valence-electron chi connectivity index (χ4n) is 1.08. The van der Waals surface area contributed by atoms with Gasteiger partial charge in [-0.2, -0.15) is 13.2 Å². The first-order chi connectivity index (χ1) is 6.94. The summed E-state index contributed by atoms with van der Waals surface area (Å²) < 4.78 is 36.7. The summed E-state index contributed by atoms with van der Waals surface area (Å²) >= 11 is 4.64. The number of hydrogen-bond acceptors (Lipinski definition) is 3. The zero-order chi connectivity index (χ0) is 11.5.